The fourth-order valence-corrected chi connectivity index (χ4v) is 0.937. The van der Waals surface area contributed by atoms with Gasteiger partial charge in [0.15, 0.2) is 0 Å². The molecule has 2 heteroatoms. The summed E-state index contributed by atoms with van der Waals surface area (Å²) in [4.78, 5) is 0. The zero-order valence-electron chi connectivity index (χ0n) is 7.34. The molecule has 12 heavy (non-hydrogen) atoms. The molecule has 65 valence electrons. The summed E-state index contributed by atoms with van der Waals surface area (Å²) in [6.07, 6.45) is 1.04. The van der Waals surface area contributed by atoms with Crippen LogP contribution in [0.5, 0.6) is 0 Å². The number of benzene rings is 1. The van der Waals surface area contributed by atoms with Gasteiger partial charge in [0, 0.05) is 23.9 Å². The lowest BCUT2D eigenvalue weighted by atomic mass is 10.2. The Morgan fingerprint density at radius 1 is 1.58 bits per heavy atom. The second-order valence-electron chi connectivity index (χ2n) is 2.66. The number of rotatable bonds is 4. The molecule has 0 aromatic heterocycles. The Kier molecular flexibility index (Phi) is 3.61. The quantitative estimate of drug-likeness (QED) is 0.545. The number of nitrogen functional groups attached to an aromatic ring is 1. The molecule has 0 unspecified atom stereocenters. The molecule has 0 atom stereocenters. The van der Waals surface area contributed by atoms with Crippen molar-refractivity contribution in [2.75, 3.05) is 12.3 Å². The van der Waals surface area contributed by atoms with E-state index in [2.05, 4.69) is 13.0 Å². The van der Waals surface area contributed by atoms with E-state index in [9.17, 15) is 0 Å². The Balaban J connectivity index is 2.46. The fraction of sp³-hybridized carbons (Fsp3) is 0.400. The largest absolute Gasteiger partial charge is 0.398 e. The zero-order chi connectivity index (χ0) is 8.81. The molecule has 0 heterocycles. The first-order chi connectivity index (χ1) is 5.84. The normalized spacial score (nSPS) is 10.1. The standard InChI is InChI=1S/C10H14NO/c1-2-7-12-8-9-5-3-4-6-10(9)11/h3-5H,2,7-8,11H2,1H3. The van der Waals surface area contributed by atoms with Gasteiger partial charge in [0.2, 0.25) is 0 Å². The van der Waals surface area contributed by atoms with Gasteiger partial charge in [-0.05, 0) is 6.42 Å². The van der Waals surface area contributed by atoms with E-state index in [1.165, 1.54) is 0 Å². The highest BCUT2D eigenvalue weighted by atomic mass is 16.5. The predicted molar refractivity (Wildman–Crippen MR) is 49.6 cm³/mol. The monoisotopic (exact) mass is 164 g/mol. The third-order valence-electron chi connectivity index (χ3n) is 1.58. The van der Waals surface area contributed by atoms with Crippen molar-refractivity contribution in [1.82, 2.24) is 0 Å². The summed E-state index contributed by atoms with van der Waals surface area (Å²) in [5.74, 6) is 0. The number of para-hydroxylation sites is 1. The van der Waals surface area contributed by atoms with Gasteiger partial charge < -0.3 is 10.5 Å². The fourth-order valence-electron chi connectivity index (χ4n) is 0.937. The molecule has 0 saturated heterocycles. The van der Waals surface area contributed by atoms with E-state index in [0.717, 1.165) is 18.6 Å². The lowest BCUT2D eigenvalue weighted by Gasteiger charge is -2.04. The minimum absolute atomic E-state index is 0.594. The van der Waals surface area contributed by atoms with Crippen molar-refractivity contribution in [2.45, 2.75) is 20.0 Å². The second-order valence-corrected chi connectivity index (χ2v) is 2.66. The summed E-state index contributed by atoms with van der Waals surface area (Å²) in [5.41, 5.74) is 7.38. The summed E-state index contributed by atoms with van der Waals surface area (Å²) in [7, 11) is 0. The first-order valence-corrected chi connectivity index (χ1v) is 4.17. The van der Waals surface area contributed by atoms with Crippen molar-refractivity contribution in [3.8, 4) is 0 Å². The van der Waals surface area contributed by atoms with Crippen molar-refractivity contribution in [3.63, 3.8) is 0 Å². The molecule has 2 N–H and O–H groups in total. The number of nitrogens with two attached hydrogens (primary N) is 1. The molecule has 1 rings (SSSR count). The van der Waals surface area contributed by atoms with Crippen LogP contribution in [0.2, 0.25) is 0 Å². The molecule has 1 aromatic rings. The van der Waals surface area contributed by atoms with E-state index in [1.54, 1.807) is 6.07 Å². The summed E-state index contributed by atoms with van der Waals surface area (Å²) in [6.45, 7) is 3.46. The van der Waals surface area contributed by atoms with Crippen molar-refractivity contribution in [1.29, 1.82) is 0 Å². The molecule has 0 aliphatic carbocycles. The van der Waals surface area contributed by atoms with Crippen molar-refractivity contribution >= 4 is 5.69 Å². The van der Waals surface area contributed by atoms with Crippen LogP contribution in [0, 0.1) is 6.07 Å². The lowest BCUT2D eigenvalue weighted by Crippen LogP contribution is -1.98. The third-order valence-corrected chi connectivity index (χ3v) is 1.58. The molecular weight excluding hydrogens is 150 g/mol. The summed E-state index contributed by atoms with van der Waals surface area (Å²) in [5, 5.41) is 0. The predicted octanol–water partition coefficient (Wildman–Crippen LogP) is 2.00. The minimum atomic E-state index is 0.594. The van der Waals surface area contributed by atoms with Gasteiger partial charge in [0.05, 0.1) is 6.61 Å². The molecule has 0 aliphatic rings. The van der Waals surface area contributed by atoms with Gasteiger partial charge in [-0.1, -0.05) is 25.1 Å². The molecule has 2 nitrogen and oxygen atoms in total. The van der Waals surface area contributed by atoms with E-state index in [-0.39, 0.29) is 0 Å². The van der Waals surface area contributed by atoms with Crippen LogP contribution in [0.3, 0.4) is 0 Å². The smallest absolute Gasteiger partial charge is 0.0737 e. The molecule has 0 amide bonds. The van der Waals surface area contributed by atoms with Crippen LogP contribution < -0.4 is 5.73 Å². The first kappa shape index (κ1) is 9.07. The Morgan fingerprint density at radius 2 is 2.42 bits per heavy atom. The molecule has 1 radical (unpaired) electrons. The number of ether oxygens (including phenoxy) is 1. The van der Waals surface area contributed by atoms with Crippen LogP contribution in [0.4, 0.5) is 5.69 Å². The maximum atomic E-state index is 5.67. The maximum Gasteiger partial charge on any atom is 0.0737 e. The maximum absolute atomic E-state index is 5.67. The highest BCUT2D eigenvalue weighted by molar-refractivity contribution is 5.44. The van der Waals surface area contributed by atoms with Gasteiger partial charge in [-0.3, -0.25) is 0 Å². The molecule has 0 fully saturated rings. The summed E-state index contributed by atoms with van der Waals surface area (Å²) >= 11 is 0. The van der Waals surface area contributed by atoms with Gasteiger partial charge in [0.1, 0.15) is 0 Å². The Bertz CT molecular complexity index is 235. The van der Waals surface area contributed by atoms with E-state index in [1.807, 2.05) is 12.1 Å². The molecule has 0 spiro atoms. The van der Waals surface area contributed by atoms with Gasteiger partial charge in [-0.2, -0.15) is 0 Å². The zero-order valence-corrected chi connectivity index (χ0v) is 7.34. The Labute approximate surface area is 73.3 Å². The molecule has 0 aliphatic heterocycles. The van der Waals surface area contributed by atoms with Crippen LogP contribution in [0.25, 0.3) is 0 Å². The van der Waals surface area contributed by atoms with E-state index >= 15 is 0 Å². The average Bonchev–Trinajstić information content (AvgIpc) is 2.09. The highest BCUT2D eigenvalue weighted by Crippen LogP contribution is 2.10. The highest BCUT2D eigenvalue weighted by Gasteiger charge is 1.96. The van der Waals surface area contributed by atoms with E-state index in [4.69, 9.17) is 10.5 Å². The van der Waals surface area contributed by atoms with Gasteiger partial charge >= 0.3 is 0 Å². The van der Waals surface area contributed by atoms with E-state index < -0.39 is 0 Å². The van der Waals surface area contributed by atoms with Gasteiger partial charge in [-0.15, -0.1) is 0 Å². The molecule has 0 bridgehead atoms. The molecule has 1 aromatic carbocycles. The molecular formula is C10H14NO. The van der Waals surface area contributed by atoms with Crippen molar-refractivity contribution in [3.05, 3.63) is 29.8 Å². The number of anilines is 1. The van der Waals surface area contributed by atoms with Gasteiger partial charge in [-0.25, -0.2) is 0 Å². The van der Waals surface area contributed by atoms with Crippen LogP contribution in [0.15, 0.2) is 18.2 Å². The average molecular weight is 164 g/mol. The van der Waals surface area contributed by atoms with Crippen LogP contribution in [0.1, 0.15) is 18.9 Å². The Morgan fingerprint density at radius 3 is 3.08 bits per heavy atom. The van der Waals surface area contributed by atoms with Crippen LogP contribution >= 0.6 is 0 Å². The number of hydrogen-bond acceptors (Lipinski definition) is 2. The van der Waals surface area contributed by atoms with Crippen LogP contribution in [-0.4, -0.2) is 6.61 Å². The van der Waals surface area contributed by atoms with Crippen molar-refractivity contribution < 1.29 is 4.74 Å². The Hall–Kier alpha value is -1.02. The first-order valence-electron chi connectivity index (χ1n) is 4.17. The number of hydrogen-bond donors (Lipinski definition) is 1. The lowest BCUT2D eigenvalue weighted by molar-refractivity contribution is 0.122. The van der Waals surface area contributed by atoms with Crippen molar-refractivity contribution in [2.24, 2.45) is 0 Å². The topological polar surface area (TPSA) is 35.2 Å². The minimum Gasteiger partial charge on any atom is -0.398 e. The molecule has 0 saturated carbocycles. The summed E-state index contributed by atoms with van der Waals surface area (Å²) in [6, 6.07) is 8.61. The third kappa shape index (κ3) is 2.55. The second kappa shape index (κ2) is 4.78. The van der Waals surface area contributed by atoms with Gasteiger partial charge in [0.25, 0.3) is 0 Å². The van der Waals surface area contributed by atoms with E-state index in [0.29, 0.717) is 12.3 Å². The summed E-state index contributed by atoms with van der Waals surface area (Å²) < 4.78 is 5.35. The SMILES string of the molecule is CCCOCc1ccc[c]c1N. The van der Waals surface area contributed by atoms with Crippen LogP contribution in [-0.2, 0) is 11.3 Å².